The summed E-state index contributed by atoms with van der Waals surface area (Å²) in [5, 5.41) is 0. The van der Waals surface area contributed by atoms with Crippen molar-refractivity contribution in [2.24, 2.45) is 5.73 Å². The van der Waals surface area contributed by atoms with Crippen molar-refractivity contribution in [2.45, 2.75) is 18.9 Å². The second kappa shape index (κ2) is 8.49. The van der Waals surface area contributed by atoms with E-state index in [2.05, 4.69) is 22.0 Å². The van der Waals surface area contributed by atoms with Crippen LogP contribution in [0.2, 0.25) is 0 Å². The number of aromatic nitrogens is 1. The predicted octanol–water partition coefficient (Wildman–Crippen LogP) is 4.67. The fourth-order valence-electron chi connectivity index (χ4n) is 3.53. The molecule has 2 heterocycles. The third kappa shape index (κ3) is 4.32. The van der Waals surface area contributed by atoms with E-state index in [1.54, 1.807) is 18.3 Å². The van der Waals surface area contributed by atoms with E-state index >= 15 is 0 Å². The third-order valence-electron chi connectivity index (χ3n) is 5.14. The van der Waals surface area contributed by atoms with Gasteiger partial charge in [-0.25, -0.2) is 4.39 Å². The summed E-state index contributed by atoms with van der Waals surface area (Å²) in [4.78, 5) is 6.80. The molecule has 29 heavy (non-hydrogen) atoms. The number of methoxy groups -OCH3 is 1. The molecule has 1 fully saturated rings. The summed E-state index contributed by atoms with van der Waals surface area (Å²) in [5.74, 6) is 1.15. The number of benzene rings is 2. The third-order valence-corrected chi connectivity index (χ3v) is 5.14. The van der Waals surface area contributed by atoms with E-state index in [-0.39, 0.29) is 5.75 Å². The van der Waals surface area contributed by atoms with Crippen molar-refractivity contribution in [1.82, 2.24) is 4.98 Å². The van der Waals surface area contributed by atoms with Crippen molar-refractivity contribution in [3.05, 3.63) is 77.9 Å². The Kier molecular flexibility index (Phi) is 5.62. The van der Waals surface area contributed by atoms with Crippen LogP contribution in [-0.4, -0.2) is 25.2 Å². The lowest BCUT2D eigenvalue weighted by Gasteiger charge is -2.18. The first-order chi connectivity index (χ1) is 14.1. The highest BCUT2D eigenvalue weighted by atomic mass is 19.1. The summed E-state index contributed by atoms with van der Waals surface area (Å²) in [7, 11) is 1.43. The van der Waals surface area contributed by atoms with E-state index in [4.69, 9.17) is 15.2 Å². The zero-order valence-electron chi connectivity index (χ0n) is 16.3. The number of rotatable bonds is 6. The van der Waals surface area contributed by atoms with Crippen molar-refractivity contribution in [3.63, 3.8) is 0 Å². The summed E-state index contributed by atoms with van der Waals surface area (Å²) in [6.07, 6.45) is 4.12. The van der Waals surface area contributed by atoms with Crippen LogP contribution in [0, 0.1) is 5.82 Å². The van der Waals surface area contributed by atoms with Gasteiger partial charge in [0.15, 0.2) is 11.6 Å². The molecule has 5 nitrogen and oxygen atoms in total. The van der Waals surface area contributed by atoms with E-state index in [0.29, 0.717) is 11.4 Å². The minimum atomic E-state index is -0.489. The van der Waals surface area contributed by atoms with Crippen LogP contribution >= 0.6 is 0 Å². The molecule has 2 N–H and O–H groups in total. The number of pyridine rings is 1. The molecule has 6 heteroatoms. The van der Waals surface area contributed by atoms with Gasteiger partial charge in [-0.2, -0.15) is 0 Å². The summed E-state index contributed by atoms with van der Waals surface area (Å²) >= 11 is 0. The molecule has 0 aliphatic carbocycles. The van der Waals surface area contributed by atoms with Crippen LogP contribution in [-0.2, 0) is 0 Å². The van der Waals surface area contributed by atoms with E-state index in [0.717, 1.165) is 24.4 Å². The topological polar surface area (TPSA) is 60.6 Å². The number of nitrogens with zero attached hydrogens (tertiary/aromatic N) is 2. The van der Waals surface area contributed by atoms with Crippen molar-refractivity contribution < 1.29 is 13.9 Å². The number of halogens is 1. The Labute approximate surface area is 169 Å². The lowest BCUT2D eigenvalue weighted by atomic mass is 10.0. The second-order valence-corrected chi connectivity index (χ2v) is 7.08. The van der Waals surface area contributed by atoms with Gasteiger partial charge in [0.25, 0.3) is 0 Å². The molecule has 150 valence electrons. The second-order valence-electron chi connectivity index (χ2n) is 7.08. The van der Waals surface area contributed by atoms with Gasteiger partial charge in [-0.3, -0.25) is 4.98 Å². The van der Waals surface area contributed by atoms with Crippen LogP contribution in [0.1, 0.15) is 30.1 Å². The lowest BCUT2D eigenvalue weighted by Crippen LogP contribution is -2.17. The van der Waals surface area contributed by atoms with E-state index < -0.39 is 11.9 Å². The Hall–Kier alpha value is -3.12. The highest BCUT2D eigenvalue weighted by Gasteiger charge is 2.15. The quantitative estimate of drug-likeness (QED) is 0.659. The highest BCUT2D eigenvalue weighted by Crippen LogP contribution is 2.29. The Morgan fingerprint density at radius 1 is 1.03 bits per heavy atom. The molecule has 1 unspecified atom stereocenters. The smallest absolute Gasteiger partial charge is 0.165 e. The van der Waals surface area contributed by atoms with Crippen LogP contribution in [0.25, 0.3) is 0 Å². The van der Waals surface area contributed by atoms with Gasteiger partial charge in [-0.15, -0.1) is 0 Å². The van der Waals surface area contributed by atoms with Gasteiger partial charge in [0, 0.05) is 24.8 Å². The lowest BCUT2D eigenvalue weighted by molar-refractivity contribution is 0.385. The molecule has 0 radical (unpaired) electrons. The maximum Gasteiger partial charge on any atom is 0.165 e. The molecule has 4 rings (SSSR count). The molecule has 0 saturated carbocycles. The van der Waals surface area contributed by atoms with Crippen LogP contribution < -0.4 is 20.1 Å². The Morgan fingerprint density at radius 3 is 2.59 bits per heavy atom. The standard InChI is InChI=1S/C23H24FN3O2/c1-28-22-13-16(7-9-20(22)24)23(25)21-10-8-19(15-26-21)29-18-6-4-5-17(14-18)27-11-2-3-12-27/h4-10,13-15,23H,2-3,11-12,25H2,1H3. The fraction of sp³-hybridized carbons (Fsp3) is 0.261. The normalized spacial score (nSPS) is 14.7. The number of nitrogens with two attached hydrogens (primary N) is 1. The number of hydrogen-bond donors (Lipinski definition) is 1. The van der Waals surface area contributed by atoms with Crippen molar-refractivity contribution in [1.29, 1.82) is 0 Å². The molecular formula is C23H24FN3O2. The number of hydrogen-bond acceptors (Lipinski definition) is 5. The number of anilines is 1. The molecule has 0 spiro atoms. The summed E-state index contributed by atoms with van der Waals surface area (Å²) in [6, 6.07) is 15.8. The molecule has 3 aromatic rings. The molecular weight excluding hydrogens is 369 g/mol. The van der Waals surface area contributed by atoms with Crippen molar-refractivity contribution in [3.8, 4) is 17.2 Å². The molecule has 1 saturated heterocycles. The summed E-state index contributed by atoms with van der Waals surface area (Å²) in [6.45, 7) is 2.18. The van der Waals surface area contributed by atoms with Crippen LogP contribution in [0.3, 0.4) is 0 Å². The largest absolute Gasteiger partial charge is 0.494 e. The molecule has 1 atom stereocenters. The first-order valence-corrected chi connectivity index (χ1v) is 9.72. The van der Waals surface area contributed by atoms with Gasteiger partial charge in [-0.1, -0.05) is 12.1 Å². The monoisotopic (exact) mass is 393 g/mol. The zero-order chi connectivity index (χ0) is 20.2. The van der Waals surface area contributed by atoms with Gasteiger partial charge in [-0.05, 0) is 54.8 Å². The molecule has 2 aromatic carbocycles. The molecule has 0 bridgehead atoms. The Bertz CT molecular complexity index is 972. The first kappa shape index (κ1) is 19.2. The van der Waals surface area contributed by atoms with Crippen molar-refractivity contribution >= 4 is 5.69 Å². The number of ether oxygens (including phenoxy) is 2. The zero-order valence-corrected chi connectivity index (χ0v) is 16.3. The van der Waals surface area contributed by atoms with E-state index in [1.165, 1.54) is 31.7 Å². The summed E-state index contributed by atoms with van der Waals surface area (Å²) in [5.41, 5.74) is 8.86. The Balaban J connectivity index is 1.47. The summed E-state index contributed by atoms with van der Waals surface area (Å²) < 4.78 is 24.6. The minimum Gasteiger partial charge on any atom is -0.494 e. The maximum absolute atomic E-state index is 13.6. The van der Waals surface area contributed by atoms with E-state index in [1.807, 2.05) is 24.3 Å². The van der Waals surface area contributed by atoms with Crippen molar-refractivity contribution in [2.75, 3.05) is 25.1 Å². The molecule has 1 aliphatic rings. The predicted molar refractivity (Wildman–Crippen MR) is 111 cm³/mol. The first-order valence-electron chi connectivity index (χ1n) is 9.72. The Morgan fingerprint density at radius 2 is 1.86 bits per heavy atom. The fourth-order valence-corrected chi connectivity index (χ4v) is 3.53. The molecule has 1 aromatic heterocycles. The van der Waals surface area contributed by atoms with Crippen LogP contribution in [0.15, 0.2) is 60.8 Å². The van der Waals surface area contributed by atoms with Gasteiger partial charge < -0.3 is 20.1 Å². The maximum atomic E-state index is 13.6. The van der Waals surface area contributed by atoms with Crippen LogP contribution in [0.4, 0.5) is 10.1 Å². The minimum absolute atomic E-state index is 0.163. The van der Waals surface area contributed by atoms with Gasteiger partial charge in [0.1, 0.15) is 11.5 Å². The SMILES string of the molecule is COc1cc(C(N)c2ccc(Oc3cccc(N4CCCC4)c3)cn2)ccc1F. The van der Waals surface area contributed by atoms with Gasteiger partial charge in [0.2, 0.25) is 0 Å². The van der Waals surface area contributed by atoms with Gasteiger partial charge >= 0.3 is 0 Å². The highest BCUT2D eigenvalue weighted by molar-refractivity contribution is 5.52. The van der Waals surface area contributed by atoms with E-state index in [9.17, 15) is 4.39 Å². The molecule has 0 amide bonds. The van der Waals surface area contributed by atoms with Gasteiger partial charge in [0.05, 0.1) is 25.0 Å². The molecule has 1 aliphatic heterocycles. The average molecular weight is 393 g/mol. The van der Waals surface area contributed by atoms with Crippen LogP contribution in [0.5, 0.6) is 17.2 Å². The average Bonchev–Trinajstić information content (AvgIpc) is 3.29.